The van der Waals surface area contributed by atoms with Crippen molar-refractivity contribution >= 4 is 0 Å². The zero-order chi connectivity index (χ0) is 17.4. The second kappa shape index (κ2) is 13.4. The number of para-hydroxylation sites is 1. The molecular weight excluding hydrogens is 314 g/mol. The van der Waals surface area contributed by atoms with Crippen LogP contribution < -0.4 is 10.1 Å². The first kappa shape index (κ1) is 19.4. The molecule has 2 aromatic carbocycles. The monoisotopic (exact) mass is 343 g/mol. The zero-order valence-electron chi connectivity index (χ0n) is 14.9. The molecule has 0 unspecified atom stereocenters. The molecule has 2 aromatic rings. The molecular formula is C21H29NO3. The summed E-state index contributed by atoms with van der Waals surface area (Å²) in [6.45, 7) is 5.11. The number of aryl methyl sites for hydroxylation is 1. The smallest absolute Gasteiger partial charge is 0.119 e. The quantitative estimate of drug-likeness (QED) is 0.534. The van der Waals surface area contributed by atoms with Gasteiger partial charge in [0.1, 0.15) is 12.4 Å². The van der Waals surface area contributed by atoms with Gasteiger partial charge in [-0.05, 0) is 30.5 Å². The van der Waals surface area contributed by atoms with Crippen molar-refractivity contribution in [3.8, 4) is 5.75 Å². The largest absolute Gasteiger partial charge is 0.491 e. The van der Waals surface area contributed by atoms with Crippen molar-refractivity contribution in [3.05, 3.63) is 66.2 Å². The first-order valence-electron chi connectivity index (χ1n) is 9.03. The first-order valence-corrected chi connectivity index (χ1v) is 9.03. The second-order valence-corrected chi connectivity index (χ2v) is 5.73. The molecule has 2 rings (SSSR count). The van der Waals surface area contributed by atoms with E-state index in [-0.39, 0.29) is 0 Å². The van der Waals surface area contributed by atoms with Gasteiger partial charge in [0.05, 0.1) is 19.8 Å². The van der Waals surface area contributed by atoms with Crippen LogP contribution >= 0.6 is 0 Å². The number of hydrogen-bond donors (Lipinski definition) is 1. The van der Waals surface area contributed by atoms with Crippen LogP contribution in [-0.2, 0) is 15.9 Å². The number of hydrogen-bond acceptors (Lipinski definition) is 4. The predicted octanol–water partition coefficient (Wildman–Crippen LogP) is 3.32. The van der Waals surface area contributed by atoms with Gasteiger partial charge in [0, 0.05) is 19.7 Å². The Kier molecular flexibility index (Phi) is 10.4. The van der Waals surface area contributed by atoms with Gasteiger partial charge in [0.2, 0.25) is 0 Å². The molecule has 0 atom stereocenters. The minimum atomic E-state index is 0.578. The zero-order valence-corrected chi connectivity index (χ0v) is 14.9. The maximum Gasteiger partial charge on any atom is 0.119 e. The summed E-state index contributed by atoms with van der Waals surface area (Å²) < 4.78 is 16.7. The van der Waals surface area contributed by atoms with Crippen LogP contribution in [0.15, 0.2) is 60.7 Å². The molecule has 0 aliphatic carbocycles. The summed E-state index contributed by atoms with van der Waals surface area (Å²) >= 11 is 0. The van der Waals surface area contributed by atoms with Crippen LogP contribution in [0.5, 0.6) is 5.75 Å². The van der Waals surface area contributed by atoms with Crippen molar-refractivity contribution < 1.29 is 14.2 Å². The molecule has 4 heteroatoms. The normalized spacial score (nSPS) is 10.7. The van der Waals surface area contributed by atoms with Gasteiger partial charge in [-0.25, -0.2) is 0 Å². The lowest BCUT2D eigenvalue weighted by Crippen LogP contribution is -2.25. The Morgan fingerprint density at radius 3 is 2.00 bits per heavy atom. The molecule has 136 valence electrons. The highest BCUT2D eigenvalue weighted by Crippen LogP contribution is 2.07. The third-order valence-electron chi connectivity index (χ3n) is 3.68. The van der Waals surface area contributed by atoms with E-state index in [1.54, 1.807) is 0 Å². The van der Waals surface area contributed by atoms with Crippen LogP contribution in [0.25, 0.3) is 0 Å². The van der Waals surface area contributed by atoms with Crippen LogP contribution in [0.2, 0.25) is 0 Å². The third-order valence-corrected chi connectivity index (χ3v) is 3.68. The van der Waals surface area contributed by atoms with Crippen molar-refractivity contribution in [2.24, 2.45) is 0 Å². The van der Waals surface area contributed by atoms with Gasteiger partial charge >= 0.3 is 0 Å². The lowest BCUT2D eigenvalue weighted by atomic mass is 10.1. The van der Waals surface area contributed by atoms with E-state index in [2.05, 4.69) is 29.6 Å². The predicted molar refractivity (Wildman–Crippen MR) is 101 cm³/mol. The van der Waals surface area contributed by atoms with E-state index < -0.39 is 0 Å². The highest BCUT2D eigenvalue weighted by molar-refractivity contribution is 5.20. The van der Waals surface area contributed by atoms with Gasteiger partial charge in [-0.1, -0.05) is 48.5 Å². The standard InChI is InChI=1S/C21H29NO3/c1-3-8-20(9-4-1)10-7-15-23-16-13-22-14-17-24-18-19-25-21-11-5-2-6-12-21/h1-6,8-9,11-12,22H,7,10,13-19H2. The average molecular weight is 343 g/mol. The Bertz CT molecular complexity index is 484. The molecule has 0 saturated carbocycles. The van der Waals surface area contributed by atoms with E-state index in [0.717, 1.165) is 44.9 Å². The highest BCUT2D eigenvalue weighted by Gasteiger charge is 1.94. The van der Waals surface area contributed by atoms with Crippen molar-refractivity contribution in [3.63, 3.8) is 0 Å². The van der Waals surface area contributed by atoms with Crippen molar-refractivity contribution in [2.45, 2.75) is 12.8 Å². The Morgan fingerprint density at radius 1 is 0.640 bits per heavy atom. The molecule has 0 aliphatic heterocycles. The van der Waals surface area contributed by atoms with E-state index in [0.29, 0.717) is 19.8 Å². The number of nitrogens with one attached hydrogen (secondary N) is 1. The fraction of sp³-hybridized carbons (Fsp3) is 0.429. The first-order chi connectivity index (χ1) is 12.4. The maximum absolute atomic E-state index is 5.63. The van der Waals surface area contributed by atoms with Crippen molar-refractivity contribution in [1.29, 1.82) is 0 Å². The van der Waals surface area contributed by atoms with E-state index in [1.165, 1.54) is 5.56 Å². The topological polar surface area (TPSA) is 39.7 Å². The molecule has 0 aliphatic rings. The summed E-state index contributed by atoms with van der Waals surface area (Å²) in [4.78, 5) is 0. The fourth-order valence-electron chi connectivity index (χ4n) is 2.38. The molecule has 0 radical (unpaired) electrons. The van der Waals surface area contributed by atoms with Crippen LogP contribution in [0.4, 0.5) is 0 Å². The second-order valence-electron chi connectivity index (χ2n) is 5.73. The Balaban J connectivity index is 1.30. The lowest BCUT2D eigenvalue weighted by molar-refractivity contribution is 0.0976. The van der Waals surface area contributed by atoms with Gasteiger partial charge in [-0.3, -0.25) is 0 Å². The van der Waals surface area contributed by atoms with Crippen molar-refractivity contribution in [1.82, 2.24) is 5.32 Å². The fourth-order valence-corrected chi connectivity index (χ4v) is 2.38. The molecule has 0 aromatic heterocycles. The van der Waals surface area contributed by atoms with E-state index >= 15 is 0 Å². The molecule has 25 heavy (non-hydrogen) atoms. The van der Waals surface area contributed by atoms with Crippen LogP contribution in [0.1, 0.15) is 12.0 Å². The van der Waals surface area contributed by atoms with Gasteiger partial charge < -0.3 is 19.5 Å². The molecule has 0 amide bonds. The summed E-state index contributed by atoms with van der Waals surface area (Å²) in [5, 5.41) is 3.31. The summed E-state index contributed by atoms with van der Waals surface area (Å²) in [5.74, 6) is 0.883. The van der Waals surface area contributed by atoms with Crippen LogP contribution in [-0.4, -0.2) is 46.1 Å². The average Bonchev–Trinajstić information content (AvgIpc) is 2.67. The number of rotatable bonds is 14. The maximum atomic E-state index is 5.63. The summed E-state index contributed by atoms with van der Waals surface area (Å²) in [6, 6.07) is 20.3. The van der Waals surface area contributed by atoms with Crippen LogP contribution in [0, 0.1) is 0 Å². The number of benzene rings is 2. The molecule has 0 bridgehead atoms. The minimum absolute atomic E-state index is 0.578. The molecule has 0 fully saturated rings. The summed E-state index contributed by atoms with van der Waals surface area (Å²) in [6.07, 6.45) is 2.14. The number of ether oxygens (including phenoxy) is 3. The minimum Gasteiger partial charge on any atom is -0.491 e. The Labute approximate surface area is 151 Å². The van der Waals surface area contributed by atoms with E-state index in [9.17, 15) is 0 Å². The third kappa shape index (κ3) is 9.87. The molecule has 4 nitrogen and oxygen atoms in total. The molecule has 0 heterocycles. The summed E-state index contributed by atoms with van der Waals surface area (Å²) in [5.41, 5.74) is 1.37. The van der Waals surface area contributed by atoms with Gasteiger partial charge in [0.25, 0.3) is 0 Å². The SMILES string of the molecule is c1ccc(CCCOCCNCCOCCOc2ccccc2)cc1. The highest BCUT2D eigenvalue weighted by atomic mass is 16.5. The van der Waals surface area contributed by atoms with E-state index in [1.807, 2.05) is 36.4 Å². The van der Waals surface area contributed by atoms with Gasteiger partial charge in [0.15, 0.2) is 0 Å². The van der Waals surface area contributed by atoms with Crippen molar-refractivity contribution in [2.75, 3.05) is 46.1 Å². The molecule has 0 saturated heterocycles. The lowest BCUT2D eigenvalue weighted by Gasteiger charge is -2.08. The molecule has 1 N–H and O–H groups in total. The van der Waals surface area contributed by atoms with E-state index in [4.69, 9.17) is 14.2 Å². The van der Waals surface area contributed by atoms with Gasteiger partial charge in [-0.2, -0.15) is 0 Å². The van der Waals surface area contributed by atoms with Crippen LogP contribution in [0.3, 0.4) is 0 Å². The van der Waals surface area contributed by atoms with Gasteiger partial charge in [-0.15, -0.1) is 0 Å². The summed E-state index contributed by atoms with van der Waals surface area (Å²) in [7, 11) is 0. The Morgan fingerprint density at radius 2 is 1.28 bits per heavy atom. The molecule has 0 spiro atoms. The Hall–Kier alpha value is -1.88.